The van der Waals surface area contributed by atoms with E-state index in [4.69, 9.17) is 19.1 Å². The van der Waals surface area contributed by atoms with E-state index >= 15 is 0 Å². The molecule has 50 valence electrons. The van der Waals surface area contributed by atoms with Gasteiger partial charge in [-0.1, -0.05) is 24.3 Å². The fourth-order valence-corrected chi connectivity index (χ4v) is 0.393. The Labute approximate surface area is 65.7 Å². The molecule has 0 aromatic heterocycles. The number of rotatable bonds is 0. The summed E-state index contributed by atoms with van der Waals surface area (Å²) in [6, 6.07) is 0. The maximum atomic E-state index is 4.81. The van der Waals surface area contributed by atoms with Crippen LogP contribution >= 0.6 is 19.1 Å². The molecule has 0 fully saturated rings. The monoisotopic (exact) mass is 242 g/mol. The van der Waals surface area contributed by atoms with Gasteiger partial charge in [0, 0.05) is 0 Å². The molecule has 0 atom stereocenters. The Bertz CT molecular complexity index is 78.4. The van der Waals surface area contributed by atoms with Crippen LogP contribution in [0.5, 0.6) is 0 Å². The molecule has 1 rings (SSSR count). The first-order chi connectivity index (χ1) is 3.91. The van der Waals surface area contributed by atoms with E-state index in [1.165, 1.54) is 0 Å². The van der Waals surface area contributed by atoms with E-state index in [0.717, 1.165) is 6.42 Å². The average molecular weight is 243 g/mol. The summed E-state index contributed by atoms with van der Waals surface area (Å²) in [5, 5.41) is 0. The standard InChI is InChI=1S/C5H6.2ClH.Pd/c1-2-4-5-3-1;;;/h1-4H,5H2;2*1H;/q;;;+2/p-2. The Kier molecular flexibility index (Phi) is 8.42. The van der Waals surface area contributed by atoms with Crippen LogP contribution in [0.4, 0.5) is 0 Å². The third kappa shape index (κ3) is 6.72. The molecule has 0 N–H and O–H groups in total. The molecule has 0 unspecified atom stereocenters. The van der Waals surface area contributed by atoms with Crippen molar-refractivity contribution in [3.63, 3.8) is 0 Å². The van der Waals surface area contributed by atoms with Crippen molar-refractivity contribution in [3.8, 4) is 0 Å². The van der Waals surface area contributed by atoms with Crippen LogP contribution in [0.15, 0.2) is 24.3 Å². The van der Waals surface area contributed by atoms with Crippen LogP contribution in [0.25, 0.3) is 0 Å². The summed E-state index contributed by atoms with van der Waals surface area (Å²) in [6.07, 6.45) is 9.50. The molecule has 0 aliphatic heterocycles. The molecule has 1 aliphatic rings. The van der Waals surface area contributed by atoms with Crippen LogP contribution in [-0.4, -0.2) is 0 Å². The van der Waals surface area contributed by atoms with Gasteiger partial charge >= 0.3 is 35.0 Å². The van der Waals surface area contributed by atoms with Crippen LogP contribution < -0.4 is 0 Å². The second kappa shape index (κ2) is 7.72. The van der Waals surface area contributed by atoms with Crippen molar-refractivity contribution in [3.05, 3.63) is 24.3 Å². The fraction of sp³-hybridized carbons (Fsp3) is 0.200. The molecule has 3 heteroatoms. The van der Waals surface area contributed by atoms with Crippen molar-refractivity contribution in [2.75, 3.05) is 0 Å². The summed E-state index contributed by atoms with van der Waals surface area (Å²) in [5.41, 5.74) is 0. The molecule has 0 bridgehead atoms. The zero-order valence-electron chi connectivity index (χ0n) is 4.09. The topological polar surface area (TPSA) is 0 Å². The van der Waals surface area contributed by atoms with Crippen molar-refractivity contribution in [2.45, 2.75) is 6.42 Å². The summed E-state index contributed by atoms with van der Waals surface area (Å²) in [6.45, 7) is 0. The SMILES string of the molecule is C1=CCC=C1.[Cl][Pd][Cl]. The normalized spacial score (nSPS) is 13.8. The number of hydrogen-bond acceptors (Lipinski definition) is 0. The Morgan fingerprint density at radius 2 is 1.50 bits per heavy atom. The Morgan fingerprint density at radius 1 is 1.12 bits per heavy atom. The van der Waals surface area contributed by atoms with Crippen LogP contribution in [0.3, 0.4) is 0 Å². The predicted octanol–water partition coefficient (Wildman–Crippen LogP) is 2.88. The Morgan fingerprint density at radius 3 is 1.62 bits per heavy atom. The van der Waals surface area contributed by atoms with E-state index in [2.05, 4.69) is 24.3 Å². The van der Waals surface area contributed by atoms with Gasteiger partial charge in [0.25, 0.3) is 0 Å². The zero-order valence-corrected chi connectivity index (χ0v) is 7.16. The first-order valence-corrected chi connectivity index (χ1v) is 6.06. The van der Waals surface area contributed by atoms with Crippen LogP contribution in [0, 0.1) is 0 Å². The van der Waals surface area contributed by atoms with Crippen molar-refractivity contribution < 1.29 is 15.9 Å². The minimum absolute atomic E-state index is 0.106. The third-order valence-corrected chi connectivity index (χ3v) is 0.655. The molecule has 0 saturated heterocycles. The van der Waals surface area contributed by atoms with Crippen LogP contribution in [-0.2, 0) is 15.9 Å². The molecule has 0 nitrogen and oxygen atoms in total. The molecule has 1 aliphatic carbocycles. The van der Waals surface area contributed by atoms with Gasteiger partial charge in [-0.2, -0.15) is 0 Å². The van der Waals surface area contributed by atoms with Crippen molar-refractivity contribution >= 4 is 19.1 Å². The van der Waals surface area contributed by atoms with E-state index in [0.29, 0.717) is 0 Å². The van der Waals surface area contributed by atoms with Gasteiger partial charge in [0.1, 0.15) is 0 Å². The summed E-state index contributed by atoms with van der Waals surface area (Å²) < 4.78 is 0. The second-order valence-corrected chi connectivity index (χ2v) is 3.50. The first kappa shape index (κ1) is 8.72. The molecule has 0 radical (unpaired) electrons. The fourth-order valence-electron chi connectivity index (χ4n) is 0.393. The van der Waals surface area contributed by atoms with Gasteiger partial charge in [-0.3, -0.25) is 0 Å². The summed E-state index contributed by atoms with van der Waals surface area (Å²) >= 11 is -0.106. The van der Waals surface area contributed by atoms with E-state index in [-0.39, 0.29) is 15.9 Å². The molecule has 0 spiro atoms. The van der Waals surface area contributed by atoms with Crippen LogP contribution in [0.2, 0.25) is 0 Å². The average Bonchev–Trinajstić information content (AvgIpc) is 2.17. The van der Waals surface area contributed by atoms with Gasteiger partial charge in [0.2, 0.25) is 0 Å². The molecule has 0 aromatic carbocycles. The van der Waals surface area contributed by atoms with Crippen LogP contribution in [0.1, 0.15) is 6.42 Å². The Balaban J connectivity index is 0.000000145. The number of halogens is 2. The van der Waals surface area contributed by atoms with E-state index in [1.54, 1.807) is 0 Å². The van der Waals surface area contributed by atoms with E-state index < -0.39 is 0 Å². The van der Waals surface area contributed by atoms with Gasteiger partial charge < -0.3 is 0 Å². The van der Waals surface area contributed by atoms with Crippen molar-refractivity contribution in [2.24, 2.45) is 0 Å². The summed E-state index contributed by atoms with van der Waals surface area (Å²) in [7, 11) is 9.63. The van der Waals surface area contributed by atoms with Crippen molar-refractivity contribution in [1.82, 2.24) is 0 Å². The molecular formula is C5H6Cl2Pd. The van der Waals surface area contributed by atoms with E-state index in [9.17, 15) is 0 Å². The summed E-state index contributed by atoms with van der Waals surface area (Å²) in [5.74, 6) is 0. The molecule has 0 amide bonds. The molecule has 0 aromatic rings. The quantitative estimate of drug-likeness (QED) is 0.574. The molecular weight excluding hydrogens is 237 g/mol. The number of hydrogen-bond donors (Lipinski definition) is 0. The minimum atomic E-state index is -0.106. The Hall–Kier alpha value is 0.722. The van der Waals surface area contributed by atoms with Gasteiger partial charge in [-0.15, -0.1) is 0 Å². The van der Waals surface area contributed by atoms with Gasteiger partial charge in [0.05, 0.1) is 0 Å². The maximum absolute atomic E-state index is 4.81. The van der Waals surface area contributed by atoms with Gasteiger partial charge in [0.15, 0.2) is 0 Å². The molecule has 8 heavy (non-hydrogen) atoms. The van der Waals surface area contributed by atoms with Gasteiger partial charge in [-0.05, 0) is 6.42 Å². The van der Waals surface area contributed by atoms with Gasteiger partial charge in [-0.25, -0.2) is 0 Å². The third-order valence-electron chi connectivity index (χ3n) is 0.655. The molecule has 0 saturated carbocycles. The first-order valence-electron chi connectivity index (χ1n) is 2.06. The molecule has 0 heterocycles. The summed E-state index contributed by atoms with van der Waals surface area (Å²) in [4.78, 5) is 0. The number of allylic oxidation sites excluding steroid dienone is 4. The second-order valence-electron chi connectivity index (χ2n) is 1.14. The van der Waals surface area contributed by atoms with E-state index in [1.807, 2.05) is 0 Å². The zero-order chi connectivity index (χ0) is 6.24. The predicted molar refractivity (Wildman–Crippen MR) is 34.6 cm³/mol. The van der Waals surface area contributed by atoms with Crippen molar-refractivity contribution in [1.29, 1.82) is 0 Å².